The first-order valence-electron chi connectivity index (χ1n) is 11.4. The lowest BCUT2D eigenvalue weighted by atomic mass is 10.0. The van der Waals surface area contributed by atoms with E-state index in [1.54, 1.807) is 4.90 Å². The van der Waals surface area contributed by atoms with E-state index in [1.807, 2.05) is 99.6 Å². The van der Waals surface area contributed by atoms with Crippen LogP contribution >= 0.6 is 15.9 Å². The lowest BCUT2D eigenvalue weighted by Crippen LogP contribution is -2.52. The van der Waals surface area contributed by atoms with E-state index in [2.05, 4.69) is 21.2 Å². The van der Waals surface area contributed by atoms with Crippen molar-refractivity contribution in [2.24, 2.45) is 0 Å². The van der Waals surface area contributed by atoms with Crippen molar-refractivity contribution in [1.82, 2.24) is 10.2 Å². The third-order valence-corrected chi connectivity index (χ3v) is 5.88. The molecule has 34 heavy (non-hydrogen) atoms. The quantitative estimate of drug-likeness (QED) is 0.393. The van der Waals surface area contributed by atoms with Crippen molar-refractivity contribution >= 4 is 27.7 Å². The molecule has 0 fully saturated rings. The molecule has 6 heteroatoms. The number of nitrogens with one attached hydrogen (secondary N) is 1. The second-order valence-corrected chi connectivity index (χ2v) is 9.49. The molecule has 3 aromatic rings. The monoisotopic (exact) mass is 522 g/mol. The fourth-order valence-electron chi connectivity index (χ4n) is 3.71. The number of carbonyl (C=O) groups is 2. The van der Waals surface area contributed by atoms with Crippen molar-refractivity contribution in [3.63, 3.8) is 0 Å². The van der Waals surface area contributed by atoms with Crippen LogP contribution in [0, 0.1) is 6.92 Å². The Morgan fingerprint density at radius 1 is 0.941 bits per heavy atom. The van der Waals surface area contributed by atoms with E-state index >= 15 is 0 Å². The summed E-state index contributed by atoms with van der Waals surface area (Å²) < 4.78 is 6.79. The van der Waals surface area contributed by atoms with Crippen LogP contribution in [0.25, 0.3) is 0 Å². The molecule has 2 amide bonds. The molecular formula is C28H31BrN2O3. The van der Waals surface area contributed by atoms with Crippen LogP contribution in [0.5, 0.6) is 5.75 Å². The molecule has 0 saturated carbocycles. The van der Waals surface area contributed by atoms with Crippen LogP contribution in [-0.4, -0.2) is 35.4 Å². The number of carbonyl (C=O) groups excluding carboxylic acids is 2. The van der Waals surface area contributed by atoms with Gasteiger partial charge in [-0.05, 0) is 55.7 Å². The molecule has 1 N–H and O–H groups in total. The number of rotatable bonds is 10. The summed E-state index contributed by atoms with van der Waals surface area (Å²) in [5.74, 6) is 0.227. The molecule has 3 aromatic carbocycles. The Labute approximate surface area is 210 Å². The molecule has 1 atom stereocenters. The maximum Gasteiger partial charge on any atom is 0.261 e. The molecule has 0 radical (unpaired) electrons. The first-order chi connectivity index (χ1) is 16.3. The highest BCUT2D eigenvalue weighted by molar-refractivity contribution is 9.10. The van der Waals surface area contributed by atoms with Gasteiger partial charge >= 0.3 is 0 Å². The second-order valence-electron chi connectivity index (χ2n) is 8.57. The molecular weight excluding hydrogens is 492 g/mol. The fraction of sp³-hybridized carbons (Fsp3) is 0.286. The van der Waals surface area contributed by atoms with E-state index in [0.717, 1.165) is 21.2 Å². The Hall–Kier alpha value is -3.12. The van der Waals surface area contributed by atoms with E-state index in [4.69, 9.17) is 4.74 Å². The van der Waals surface area contributed by atoms with Crippen molar-refractivity contribution in [2.75, 3.05) is 6.61 Å². The van der Waals surface area contributed by atoms with Gasteiger partial charge in [-0.25, -0.2) is 0 Å². The Morgan fingerprint density at radius 3 is 2.29 bits per heavy atom. The number of para-hydroxylation sites is 1. The SMILES string of the molecule is Cc1ccccc1OCC(=O)N(Cc1cccc(Br)c1)[C@@H](Cc1ccccc1)C(=O)NC(C)C. The standard InChI is InChI=1S/C28H31BrN2O3/c1-20(2)30-28(33)25(17-22-11-5-4-6-12-22)31(18-23-13-9-14-24(29)16-23)27(32)19-34-26-15-8-7-10-21(26)3/h4-16,20,25H,17-19H2,1-3H3,(H,30,33)/t25-/m0/s1. The van der Waals surface area contributed by atoms with Crippen molar-refractivity contribution in [3.05, 3.63) is 100 Å². The molecule has 0 heterocycles. The molecule has 0 aliphatic heterocycles. The summed E-state index contributed by atoms with van der Waals surface area (Å²) in [7, 11) is 0. The van der Waals surface area contributed by atoms with E-state index in [0.29, 0.717) is 18.7 Å². The lowest BCUT2D eigenvalue weighted by molar-refractivity contribution is -0.143. The van der Waals surface area contributed by atoms with Gasteiger partial charge in [-0.3, -0.25) is 9.59 Å². The molecule has 0 unspecified atom stereocenters. The molecule has 3 rings (SSSR count). The summed E-state index contributed by atoms with van der Waals surface area (Å²) in [5.41, 5.74) is 2.86. The molecule has 0 bridgehead atoms. The van der Waals surface area contributed by atoms with Gasteiger partial charge in [-0.2, -0.15) is 0 Å². The van der Waals surface area contributed by atoms with E-state index in [9.17, 15) is 9.59 Å². The van der Waals surface area contributed by atoms with Crippen molar-refractivity contribution in [3.8, 4) is 5.75 Å². The first-order valence-corrected chi connectivity index (χ1v) is 12.2. The van der Waals surface area contributed by atoms with Gasteiger partial charge in [0.2, 0.25) is 5.91 Å². The van der Waals surface area contributed by atoms with Crippen LogP contribution in [0.4, 0.5) is 0 Å². The summed E-state index contributed by atoms with van der Waals surface area (Å²) in [6.45, 7) is 5.91. The van der Waals surface area contributed by atoms with E-state index in [-0.39, 0.29) is 24.5 Å². The molecule has 0 spiro atoms. The number of ether oxygens (including phenoxy) is 1. The number of hydrogen-bond donors (Lipinski definition) is 1. The Kier molecular flexibility index (Phi) is 9.28. The van der Waals surface area contributed by atoms with Gasteiger partial charge in [0.25, 0.3) is 5.91 Å². The largest absolute Gasteiger partial charge is 0.484 e. The minimum absolute atomic E-state index is 0.0446. The summed E-state index contributed by atoms with van der Waals surface area (Å²) in [6.07, 6.45) is 0.406. The summed E-state index contributed by atoms with van der Waals surface area (Å²) in [4.78, 5) is 28.5. The maximum absolute atomic E-state index is 13.5. The van der Waals surface area contributed by atoms with Crippen LogP contribution in [-0.2, 0) is 22.6 Å². The smallest absolute Gasteiger partial charge is 0.261 e. The maximum atomic E-state index is 13.5. The van der Waals surface area contributed by atoms with Gasteiger partial charge < -0.3 is 15.0 Å². The average Bonchev–Trinajstić information content (AvgIpc) is 2.81. The predicted octanol–water partition coefficient (Wildman–Crippen LogP) is 5.30. The average molecular weight is 523 g/mol. The Balaban J connectivity index is 1.92. The molecule has 0 aromatic heterocycles. The van der Waals surface area contributed by atoms with Gasteiger partial charge in [0.1, 0.15) is 11.8 Å². The van der Waals surface area contributed by atoms with E-state index in [1.165, 1.54) is 0 Å². The van der Waals surface area contributed by atoms with Gasteiger partial charge in [0.05, 0.1) is 0 Å². The Bertz CT molecular complexity index is 1100. The zero-order valence-corrected chi connectivity index (χ0v) is 21.4. The Morgan fingerprint density at radius 2 is 1.62 bits per heavy atom. The third-order valence-electron chi connectivity index (χ3n) is 5.39. The predicted molar refractivity (Wildman–Crippen MR) is 139 cm³/mol. The van der Waals surface area contributed by atoms with Crippen LogP contribution in [0.3, 0.4) is 0 Å². The van der Waals surface area contributed by atoms with Gasteiger partial charge in [0, 0.05) is 23.5 Å². The van der Waals surface area contributed by atoms with Gasteiger partial charge in [0.15, 0.2) is 6.61 Å². The zero-order chi connectivity index (χ0) is 24.5. The second kappa shape index (κ2) is 12.4. The highest BCUT2D eigenvalue weighted by Crippen LogP contribution is 2.20. The minimum atomic E-state index is -0.684. The summed E-state index contributed by atoms with van der Waals surface area (Å²) in [5, 5.41) is 3.00. The number of benzene rings is 3. The van der Waals surface area contributed by atoms with E-state index < -0.39 is 6.04 Å². The number of nitrogens with zero attached hydrogens (tertiary/aromatic N) is 1. The molecule has 0 saturated heterocycles. The molecule has 5 nitrogen and oxygen atoms in total. The number of aryl methyl sites for hydroxylation is 1. The van der Waals surface area contributed by atoms with Crippen LogP contribution in [0.15, 0.2) is 83.3 Å². The minimum Gasteiger partial charge on any atom is -0.484 e. The molecule has 0 aliphatic carbocycles. The van der Waals surface area contributed by atoms with Crippen LogP contribution in [0.2, 0.25) is 0 Å². The number of hydrogen-bond acceptors (Lipinski definition) is 3. The number of amides is 2. The normalized spacial score (nSPS) is 11.7. The molecule has 0 aliphatic rings. The lowest BCUT2D eigenvalue weighted by Gasteiger charge is -2.32. The summed E-state index contributed by atoms with van der Waals surface area (Å²) >= 11 is 3.50. The third kappa shape index (κ3) is 7.45. The fourth-order valence-corrected chi connectivity index (χ4v) is 4.15. The van der Waals surface area contributed by atoms with Crippen LogP contribution < -0.4 is 10.1 Å². The van der Waals surface area contributed by atoms with Crippen molar-refractivity contribution in [1.29, 1.82) is 0 Å². The highest BCUT2D eigenvalue weighted by Gasteiger charge is 2.31. The van der Waals surface area contributed by atoms with Gasteiger partial charge in [-0.1, -0.05) is 76.6 Å². The molecule has 178 valence electrons. The number of halogens is 1. The van der Waals surface area contributed by atoms with Crippen LogP contribution in [0.1, 0.15) is 30.5 Å². The topological polar surface area (TPSA) is 58.6 Å². The van der Waals surface area contributed by atoms with Crippen molar-refractivity contribution in [2.45, 2.75) is 45.8 Å². The zero-order valence-electron chi connectivity index (χ0n) is 19.8. The first kappa shape index (κ1) is 25.5. The summed E-state index contributed by atoms with van der Waals surface area (Å²) in [6, 6.07) is 24.4. The van der Waals surface area contributed by atoms with Crippen molar-refractivity contribution < 1.29 is 14.3 Å². The van der Waals surface area contributed by atoms with Gasteiger partial charge in [-0.15, -0.1) is 0 Å². The highest BCUT2D eigenvalue weighted by atomic mass is 79.9.